The van der Waals surface area contributed by atoms with E-state index in [-0.39, 0.29) is 12.3 Å². The van der Waals surface area contributed by atoms with Crippen molar-refractivity contribution < 1.29 is 4.79 Å². The van der Waals surface area contributed by atoms with Crippen LogP contribution in [-0.2, 0) is 17.0 Å². The summed E-state index contributed by atoms with van der Waals surface area (Å²) in [4.78, 5) is 16.8. The van der Waals surface area contributed by atoms with Gasteiger partial charge in [0.25, 0.3) is 0 Å². The number of benzene rings is 2. The van der Waals surface area contributed by atoms with Crippen LogP contribution < -0.4 is 5.32 Å². The highest BCUT2D eigenvalue weighted by Crippen LogP contribution is 2.24. The second-order valence-corrected chi connectivity index (χ2v) is 8.79. The number of thioether (sulfide) groups is 1. The average Bonchev–Trinajstić information content (AvgIpc) is 3.37. The summed E-state index contributed by atoms with van der Waals surface area (Å²) in [6, 6.07) is 15.0. The van der Waals surface area contributed by atoms with Gasteiger partial charge < -0.3 is 5.32 Å². The number of thiazole rings is 1. The molecule has 2 aromatic carbocycles. The molecule has 0 atom stereocenters. The summed E-state index contributed by atoms with van der Waals surface area (Å²) in [6.07, 6.45) is 0.240. The van der Waals surface area contributed by atoms with Gasteiger partial charge in [-0.2, -0.15) is 4.68 Å². The molecule has 0 unspecified atom stereocenters. The van der Waals surface area contributed by atoms with Crippen LogP contribution in [0.5, 0.6) is 0 Å². The van der Waals surface area contributed by atoms with Gasteiger partial charge in [-0.15, -0.1) is 16.4 Å². The maximum Gasteiger partial charge on any atom is 0.231 e. The van der Waals surface area contributed by atoms with Gasteiger partial charge in [0.2, 0.25) is 11.1 Å². The second kappa shape index (κ2) is 9.38. The first-order valence-electron chi connectivity index (χ1n) is 9.04. The molecule has 4 rings (SSSR count). The molecular weight excluding hydrogens is 440 g/mol. The molecule has 1 amide bonds. The van der Waals surface area contributed by atoms with Crippen LogP contribution in [-0.4, -0.2) is 31.1 Å². The zero-order chi connectivity index (χ0) is 20.9. The van der Waals surface area contributed by atoms with Gasteiger partial charge in [0.1, 0.15) is 5.01 Å². The molecule has 7 nitrogen and oxygen atoms in total. The number of nitrogens with zero attached hydrogens (tertiary/aromatic N) is 5. The van der Waals surface area contributed by atoms with Crippen LogP contribution in [0.15, 0.2) is 59.1 Å². The first kappa shape index (κ1) is 20.5. The van der Waals surface area contributed by atoms with E-state index in [1.165, 1.54) is 23.1 Å². The van der Waals surface area contributed by atoms with Crippen molar-refractivity contribution >= 4 is 46.3 Å². The summed E-state index contributed by atoms with van der Waals surface area (Å²) < 4.78 is 1.64. The zero-order valence-electron chi connectivity index (χ0n) is 15.9. The Hall–Kier alpha value is -2.75. The van der Waals surface area contributed by atoms with Gasteiger partial charge in [-0.1, -0.05) is 47.1 Å². The van der Waals surface area contributed by atoms with Crippen LogP contribution in [0.1, 0.15) is 16.3 Å². The molecule has 0 aliphatic carbocycles. The molecule has 10 heteroatoms. The smallest absolute Gasteiger partial charge is 0.231 e. The Bertz CT molecular complexity index is 1160. The van der Waals surface area contributed by atoms with Crippen LogP contribution in [0, 0.1) is 6.92 Å². The SMILES string of the molecule is Cc1ccc(NC(=O)Cc2nc(CSc3nnnn3-c3cccc(Cl)c3)cs2)cc1. The van der Waals surface area contributed by atoms with E-state index in [1.807, 2.05) is 48.7 Å². The first-order valence-corrected chi connectivity index (χ1v) is 11.3. The number of tetrazole rings is 1. The number of nitrogens with one attached hydrogen (secondary N) is 1. The van der Waals surface area contributed by atoms with Gasteiger partial charge >= 0.3 is 0 Å². The topological polar surface area (TPSA) is 85.6 Å². The van der Waals surface area contributed by atoms with E-state index in [0.717, 1.165) is 27.6 Å². The van der Waals surface area contributed by atoms with Crippen molar-refractivity contribution in [2.75, 3.05) is 5.32 Å². The number of aryl methyl sites for hydroxylation is 1. The number of halogens is 1. The summed E-state index contributed by atoms with van der Waals surface area (Å²) in [6.45, 7) is 2.01. The van der Waals surface area contributed by atoms with Crippen molar-refractivity contribution in [2.24, 2.45) is 0 Å². The van der Waals surface area contributed by atoms with Gasteiger partial charge in [-0.05, 0) is 47.7 Å². The summed E-state index contributed by atoms with van der Waals surface area (Å²) in [5.41, 5.74) is 3.60. The Morgan fingerprint density at radius 1 is 1.23 bits per heavy atom. The molecule has 30 heavy (non-hydrogen) atoms. The molecule has 0 saturated carbocycles. The van der Waals surface area contributed by atoms with Gasteiger partial charge in [-0.3, -0.25) is 4.79 Å². The summed E-state index contributed by atoms with van der Waals surface area (Å²) in [5, 5.41) is 18.7. The van der Waals surface area contributed by atoms with Gasteiger partial charge in [-0.25, -0.2) is 4.98 Å². The Morgan fingerprint density at radius 2 is 2.07 bits per heavy atom. The van der Waals surface area contributed by atoms with Crippen molar-refractivity contribution in [3.8, 4) is 5.69 Å². The molecule has 4 aromatic rings. The molecule has 152 valence electrons. The number of aromatic nitrogens is 5. The van der Waals surface area contributed by atoms with Crippen LogP contribution >= 0.6 is 34.7 Å². The molecule has 1 N–H and O–H groups in total. The standard InChI is InChI=1S/C20H17ClN6OS2/c1-13-5-7-15(8-6-13)22-18(28)10-19-23-16(11-29-19)12-30-20-24-25-26-27(20)17-4-2-3-14(21)9-17/h2-9,11H,10,12H2,1H3,(H,22,28). The van der Waals surface area contributed by atoms with E-state index in [1.54, 1.807) is 16.8 Å². The molecule has 0 saturated heterocycles. The Kier molecular flexibility index (Phi) is 6.41. The van der Waals surface area contributed by atoms with E-state index in [4.69, 9.17) is 11.6 Å². The van der Waals surface area contributed by atoms with Crippen molar-refractivity contribution in [2.45, 2.75) is 24.3 Å². The fourth-order valence-electron chi connectivity index (χ4n) is 2.65. The normalized spacial score (nSPS) is 10.9. The number of hydrogen-bond donors (Lipinski definition) is 1. The summed E-state index contributed by atoms with van der Waals surface area (Å²) in [5.74, 6) is 0.508. The van der Waals surface area contributed by atoms with Crippen molar-refractivity contribution in [3.05, 3.63) is 75.2 Å². The predicted octanol–water partition coefficient (Wildman–Crippen LogP) is 4.55. The lowest BCUT2D eigenvalue weighted by atomic mass is 10.2. The Balaban J connectivity index is 1.35. The van der Waals surface area contributed by atoms with Crippen LogP contribution in [0.25, 0.3) is 5.69 Å². The lowest BCUT2D eigenvalue weighted by Gasteiger charge is -2.04. The van der Waals surface area contributed by atoms with Gasteiger partial charge in [0.15, 0.2) is 0 Å². The third-order valence-corrected chi connectivity index (χ3v) is 6.17. The largest absolute Gasteiger partial charge is 0.326 e. The van der Waals surface area contributed by atoms with E-state index < -0.39 is 0 Å². The molecule has 0 bridgehead atoms. The average molecular weight is 457 g/mol. The van der Waals surface area contributed by atoms with Crippen molar-refractivity contribution in [1.82, 2.24) is 25.2 Å². The molecule has 2 aromatic heterocycles. The predicted molar refractivity (Wildman–Crippen MR) is 119 cm³/mol. The lowest BCUT2D eigenvalue weighted by molar-refractivity contribution is -0.115. The maximum atomic E-state index is 12.3. The van der Waals surface area contributed by atoms with Crippen molar-refractivity contribution in [3.63, 3.8) is 0 Å². The Morgan fingerprint density at radius 3 is 2.87 bits per heavy atom. The molecule has 0 spiro atoms. The molecule has 0 fully saturated rings. The van der Waals surface area contributed by atoms with Crippen LogP contribution in [0.2, 0.25) is 5.02 Å². The molecule has 0 aliphatic heterocycles. The lowest BCUT2D eigenvalue weighted by Crippen LogP contribution is -2.14. The molecular formula is C20H17ClN6OS2. The van der Waals surface area contributed by atoms with E-state index in [9.17, 15) is 4.79 Å². The number of anilines is 1. The minimum Gasteiger partial charge on any atom is -0.326 e. The van der Waals surface area contributed by atoms with Crippen LogP contribution in [0.3, 0.4) is 0 Å². The number of carbonyl (C=O) groups is 1. The van der Waals surface area contributed by atoms with Gasteiger partial charge in [0.05, 0.1) is 17.8 Å². The third kappa shape index (κ3) is 5.24. The monoisotopic (exact) mass is 456 g/mol. The molecule has 0 aliphatic rings. The van der Waals surface area contributed by atoms with Gasteiger partial charge in [0, 0.05) is 21.8 Å². The number of rotatable bonds is 7. The summed E-state index contributed by atoms with van der Waals surface area (Å²) in [7, 11) is 0. The number of amides is 1. The highest BCUT2D eigenvalue weighted by atomic mass is 35.5. The zero-order valence-corrected chi connectivity index (χ0v) is 18.3. The van der Waals surface area contributed by atoms with E-state index in [0.29, 0.717) is 15.9 Å². The molecule has 2 heterocycles. The maximum absolute atomic E-state index is 12.3. The first-order chi connectivity index (χ1) is 14.6. The third-order valence-electron chi connectivity index (χ3n) is 4.09. The van der Waals surface area contributed by atoms with Crippen LogP contribution in [0.4, 0.5) is 5.69 Å². The quantitative estimate of drug-likeness (QED) is 0.410. The highest BCUT2D eigenvalue weighted by Gasteiger charge is 2.12. The van der Waals surface area contributed by atoms with E-state index >= 15 is 0 Å². The summed E-state index contributed by atoms with van der Waals surface area (Å²) >= 11 is 9.00. The highest BCUT2D eigenvalue weighted by molar-refractivity contribution is 7.98. The van der Waals surface area contributed by atoms with Crippen molar-refractivity contribution in [1.29, 1.82) is 0 Å². The fourth-order valence-corrected chi connectivity index (χ4v) is 4.52. The van der Waals surface area contributed by atoms with E-state index in [2.05, 4.69) is 25.8 Å². The minimum absolute atomic E-state index is 0.0858. The Labute approximate surface area is 186 Å². The number of carbonyl (C=O) groups excluding carboxylic acids is 1. The second-order valence-electron chi connectivity index (χ2n) is 6.47. The minimum atomic E-state index is -0.0858. The fraction of sp³-hybridized carbons (Fsp3) is 0.150. The molecule has 0 radical (unpaired) electrons. The number of hydrogen-bond acceptors (Lipinski definition) is 7.